The second-order valence-corrected chi connectivity index (χ2v) is 7.41. The largest absolute Gasteiger partial charge is 0.350 e. The third-order valence-electron chi connectivity index (χ3n) is 5.34. The molecule has 2 amide bonds. The van der Waals surface area contributed by atoms with Crippen LogP contribution in [0.3, 0.4) is 0 Å². The Bertz CT molecular complexity index is 1200. The lowest BCUT2D eigenvalue weighted by molar-refractivity contribution is -0.120. The van der Waals surface area contributed by atoms with Gasteiger partial charge in [0.2, 0.25) is 0 Å². The second kappa shape index (κ2) is 7.59. The lowest BCUT2D eigenvalue weighted by Crippen LogP contribution is -2.32. The van der Waals surface area contributed by atoms with Crippen LogP contribution in [-0.4, -0.2) is 11.8 Å². The molecule has 30 heavy (non-hydrogen) atoms. The van der Waals surface area contributed by atoms with Gasteiger partial charge in [-0.2, -0.15) is 0 Å². The van der Waals surface area contributed by atoms with Gasteiger partial charge in [-0.3, -0.25) is 9.59 Å². The Labute approximate surface area is 174 Å². The molecule has 0 saturated heterocycles. The molecule has 3 aromatic rings. The fourth-order valence-corrected chi connectivity index (χ4v) is 3.55. The van der Waals surface area contributed by atoms with Crippen LogP contribution in [0.15, 0.2) is 72.4 Å². The van der Waals surface area contributed by atoms with E-state index in [-0.39, 0.29) is 11.3 Å². The van der Waals surface area contributed by atoms with Crippen molar-refractivity contribution < 1.29 is 14.0 Å². The zero-order valence-electron chi connectivity index (χ0n) is 17.0. The molecule has 3 aromatic carbocycles. The molecule has 4 nitrogen and oxygen atoms in total. The summed E-state index contributed by atoms with van der Waals surface area (Å²) in [5, 5.41) is 3.18. The second-order valence-electron chi connectivity index (χ2n) is 7.41. The van der Waals surface area contributed by atoms with Crippen LogP contribution in [0, 0.1) is 26.6 Å². The SMILES string of the molecule is Cc1cccc(N2C(=O)C(Nc3cccc(C)c3C)=C(c3ccc(F)cc3)C2=O)c1. The molecule has 0 unspecified atom stereocenters. The standard InChI is InChI=1S/C25H21FN2O2/c1-15-6-4-8-20(14-15)28-24(29)22(18-10-12-19(26)13-11-18)23(25(28)30)27-21-9-5-7-16(2)17(21)3/h4-14,27H,1-3H3. The van der Waals surface area contributed by atoms with E-state index in [9.17, 15) is 14.0 Å². The minimum absolute atomic E-state index is 0.182. The molecular formula is C25H21FN2O2. The number of benzene rings is 3. The van der Waals surface area contributed by atoms with Crippen LogP contribution in [0.1, 0.15) is 22.3 Å². The first-order chi connectivity index (χ1) is 14.4. The Morgan fingerprint density at radius 1 is 0.833 bits per heavy atom. The van der Waals surface area contributed by atoms with Crippen LogP contribution < -0.4 is 10.2 Å². The number of anilines is 2. The number of aryl methyl sites for hydroxylation is 2. The van der Waals surface area contributed by atoms with Gasteiger partial charge < -0.3 is 5.32 Å². The van der Waals surface area contributed by atoms with E-state index in [0.29, 0.717) is 11.3 Å². The predicted octanol–water partition coefficient (Wildman–Crippen LogP) is 5.15. The number of nitrogens with zero attached hydrogens (tertiary/aromatic N) is 1. The summed E-state index contributed by atoms with van der Waals surface area (Å²) in [6.07, 6.45) is 0. The molecule has 150 valence electrons. The van der Waals surface area contributed by atoms with Gasteiger partial charge >= 0.3 is 0 Å². The van der Waals surface area contributed by atoms with Crippen molar-refractivity contribution in [2.75, 3.05) is 10.2 Å². The first-order valence-electron chi connectivity index (χ1n) is 9.65. The van der Waals surface area contributed by atoms with Crippen molar-refractivity contribution in [2.24, 2.45) is 0 Å². The molecule has 0 bridgehead atoms. The average Bonchev–Trinajstić information content (AvgIpc) is 2.96. The maximum Gasteiger partial charge on any atom is 0.282 e. The molecule has 4 rings (SSSR count). The lowest BCUT2D eigenvalue weighted by Gasteiger charge is -2.16. The zero-order valence-corrected chi connectivity index (χ0v) is 17.0. The van der Waals surface area contributed by atoms with Crippen LogP contribution in [0.5, 0.6) is 0 Å². The normalized spacial score (nSPS) is 13.9. The van der Waals surface area contributed by atoms with Crippen molar-refractivity contribution in [3.8, 4) is 0 Å². The van der Waals surface area contributed by atoms with Crippen LogP contribution in [0.25, 0.3) is 5.57 Å². The maximum atomic E-state index is 13.5. The number of carbonyl (C=O) groups excluding carboxylic acids is 2. The summed E-state index contributed by atoms with van der Waals surface area (Å²) < 4.78 is 13.5. The minimum Gasteiger partial charge on any atom is -0.350 e. The molecule has 1 heterocycles. The molecule has 0 fully saturated rings. The Morgan fingerprint density at radius 3 is 2.23 bits per heavy atom. The highest BCUT2D eigenvalue weighted by molar-refractivity contribution is 6.46. The molecule has 1 N–H and O–H groups in total. The molecule has 0 aliphatic carbocycles. The summed E-state index contributed by atoms with van der Waals surface area (Å²) in [4.78, 5) is 27.9. The minimum atomic E-state index is -0.440. The lowest BCUT2D eigenvalue weighted by atomic mass is 10.0. The van der Waals surface area contributed by atoms with E-state index in [0.717, 1.165) is 22.4 Å². The first-order valence-corrected chi connectivity index (χ1v) is 9.65. The van der Waals surface area contributed by atoms with E-state index in [2.05, 4.69) is 5.32 Å². The number of rotatable bonds is 4. The van der Waals surface area contributed by atoms with E-state index >= 15 is 0 Å². The molecular weight excluding hydrogens is 379 g/mol. The topological polar surface area (TPSA) is 49.4 Å². The van der Waals surface area contributed by atoms with Gasteiger partial charge in [0.15, 0.2) is 0 Å². The number of halogens is 1. The van der Waals surface area contributed by atoms with Crippen LogP contribution in [0.4, 0.5) is 15.8 Å². The number of hydrogen-bond acceptors (Lipinski definition) is 3. The molecule has 1 aliphatic heterocycles. The van der Waals surface area contributed by atoms with Gasteiger partial charge in [0.25, 0.3) is 11.8 Å². The maximum absolute atomic E-state index is 13.5. The number of hydrogen-bond donors (Lipinski definition) is 1. The summed E-state index contributed by atoms with van der Waals surface area (Å²) >= 11 is 0. The van der Waals surface area contributed by atoms with Crippen molar-refractivity contribution in [2.45, 2.75) is 20.8 Å². The van der Waals surface area contributed by atoms with Crippen LogP contribution in [0.2, 0.25) is 0 Å². The Kier molecular flexibility index (Phi) is 4.96. The number of carbonyl (C=O) groups is 2. The quantitative estimate of drug-likeness (QED) is 0.617. The molecule has 0 atom stereocenters. The summed E-state index contributed by atoms with van der Waals surface area (Å²) in [6, 6.07) is 18.6. The molecule has 0 saturated carbocycles. The highest BCUT2D eigenvalue weighted by Crippen LogP contribution is 2.34. The van der Waals surface area contributed by atoms with Gasteiger partial charge in [-0.1, -0.05) is 36.4 Å². The van der Waals surface area contributed by atoms with Gasteiger partial charge in [-0.15, -0.1) is 0 Å². The Morgan fingerprint density at radius 2 is 1.53 bits per heavy atom. The van der Waals surface area contributed by atoms with E-state index in [1.807, 2.05) is 45.0 Å². The Hall–Kier alpha value is -3.73. The fraction of sp³-hybridized carbons (Fsp3) is 0.120. The highest BCUT2D eigenvalue weighted by atomic mass is 19.1. The van der Waals surface area contributed by atoms with Crippen molar-refractivity contribution >= 4 is 28.8 Å². The molecule has 5 heteroatoms. The van der Waals surface area contributed by atoms with E-state index in [1.165, 1.54) is 29.2 Å². The number of imide groups is 1. The van der Waals surface area contributed by atoms with Gasteiger partial charge in [-0.05, 0) is 73.4 Å². The van der Waals surface area contributed by atoms with Crippen molar-refractivity contribution in [3.63, 3.8) is 0 Å². The summed E-state index contributed by atoms with van der Waals surface area (Å²) in [6.45, 7) is 5.84. The molecule has 0 radical (unpaired) electrons. The fourth-order valence-electron chi connectivity index (χ4n) is 3.55. The monoisotopic (exact) mass is 400 g/mol. The van der Waals surface area contributed by atoms with E-state index < -0.39 is 17.6 Å². The van der Waals surface area contributed by atoms with E-state index in [4.69, 9.17) is 0 Å². The summed E-state index contributed by atoms with van der Waals surface area (Å²) in [5.41, 5.74) is 5.13. The van der Waals surface area contributed by atoms with Gasteiger partial charge in [0.1, 0.15) is 11.5 Å². The molecule has 1 aliphatic rings. The van der Waals surface area contributed by atoms with E-state index in [1.54, 1.807) is 18.2 Å². The summed E-state index contributed by atoms with van der Waals surface area (Å²) in [5.74, 6) is -1.29. The first kappa shape index (κ1) is 19.6. The highest BCUT2D eigenvalue weighted by Gasteiger charge is 2.40. The molecule has 0 spiro atoms. The van der Waals surface area contributed by atoms with Gasteiger partial charge in [-0.25, -0.2) is 9.29 Å². The Balaban J connectivity index is 1.86. The summed E-state index contributed by atoms with van der Waals surface area (Å²) in [7, 11) is 0. The van der Waals surface area contributed by atoms with Crippen molar-refractivity contribution in [1.29, 1.82) is 0 Å². The predicted molar refractivity (Wildman–Crippen MR) is 117 cm³/mol. The number of amides is 2. The zero-order chi connectivity index (χ0) is 21.4. The van der Waals surface area contributed by atoms with Crippen molar-refractivity contribution in [1.82, 2.24) is 0 Å². The average molecular weight is 400 g/mol. The number of nitrogens with one attached hydrogen (secondary N) is 1. The van der Waals surface area contributed by atoms with Gasteiger partial charge in [0, 0.05) is 5.69 Å². The van der Waals surface area contributed by atoms with Crippen molar-refractivity contribution in [3.05, 3.63) is 100 Å². The van der Waals surface area contributed by atoms with Crippen LogP contribution >= 0.6 is 0 Å². The van der Waals surface area contributed by atoms with Gasteiger partial charge in [0.05, 0.1) is 11.3 Å². The molecule has 0 aromatic heterocycles. The third-order valence-corrected chi connectivity index (χ3v) is 5.34. The van der Waals surface area contributed by atoms with Crippen LogP contribution in [-0.2, 0) is 9.59 Å². The smallest absolute Gasteiger partial charge is 0.282 e. The third kappa shape index (κ3) is 3.39.